The first-order valence-electron chi connectivity index (χ1n) is 6.20. The number of amides is 1. The Morgan fingerprint density at radius 1 is 1.39 bits per heavy atom. The van der Waals surface area contributed by atoms with Gasteiger partial charge in [-0.25, -0.2) is 0 Å². The van der Waals surface area contributed by atoms with Crippen molar-refractivity contribution in [3.63, 3.8) is 0 Å². The molecule has 0 atom stereocenters. The summed E-state index contributed by atoms with van der Waals surface area (Å²) in [5, 5.41) is 2.83. The Hall–Kier alpha value is -0.910. The molecule has 0 bridgehead atoms. The van der Waals surface area contributed by atoms with E-state index < -0.39 is 0 Å². The van der Waals surface area contributed by atoms with E-state index in [0.29, 0.717) is 6.54 Å². The first-order chi connectivity index (χ1) is 8.74. The summed E-state index contributed by atoms with van der Waals surface area (Å²) >= 11 is 1.62. The van der Waals surface area contributed by atoms with E-state index in [1.54, 1.807) is 25.6 Å². The van der Waals surface area contributed by atoms with Crippen LogP contribution in [0.3, 0.4) is 0 Å². The van der Waals surface area contributed by atoms with E-state index in [-0.39, 0.29) is 12.2 Å². The first-order valence-corrected chi connectivity index (χ1v) is 7.01. The summed E-state index contributed by atoms with van der Waals surface area (Å²) in [6.45, 7) is 0.369. The summed E-state index contributed by atoms with van der Waals surface area (Å²) < 4.78 is 10.1. The van der Waals surface area contributed by atoms with Crippen LogP contribution in [0.15, 0.2) is 6.07 Å². The minimum absolute atomic E-state index is 0.0338. The molecule has 1 amide bonds. The van der Waals surface area contributed by atoms with E-state index in [2.05, 4.69) is 5.32 Å². The Morgan fingerprint density at radius 2 is 2.11 bits per heavy atom. The highest BCUT2D eigenvalue weighted by Gasteiger charge is 2.17. The molecule has 0 aliphatic heterocycles. The fourth-order valence-corrected chi connectivity index (χ4v) is 3.30. The van der Waals surface area contributed by atoms with Gasteiger partial charge in [-0.2, -0.15) is 0 Å². The number of carbonyl (C=O) groups excluding carboxylic acids is 1. The van der Waals surface area contributed by atoms with E-state index in [1.165, 1.54) is 23.3 Å². The maximum absolute atomic E-state index is 12.0. The maximum atomic E-state index is 12.0. The molecule has 4 nitrogen and oxygen atoms in total. The van der Waals surface area contributed by atoms with Crippen LogP contribution in [0.2, 0.25) is 0 Å². The van der Waals surface area contributed by atoms with Crippen LogP contribution < -0.4 is 5.32 Å². The molecule has 0 unspecified atom stereocenters. The molecule has 5 heteroatoms. The number of methoxy groups -OCH3 is 2. The van der Waals surface area contributed by atoms with Gasteiger partial charge in [0.1, 0.15) is 0 Å². The molecule has 1 aromatic rings. The lowest BCUT2D eigenvalue weighted by atomic mass is 9.99. The highest BCUT2D eigenvalue weighted by atomic mass is 32.1. The number of hydrogen-bond acceptors (Lipinski definition) is 4. The highest BCUT2D eigenvalue weighted by Crippen LogP contribution is 2.29. The summed E-state index contributed by atoms with van der Waals surface area (Å²) in [6.07, 6.45) is 4.32. The first kappa shape index (κ1) is 13.5. The zero-order valence-electron chi connectivity index (χ0n) is 10.8. The standard InChI is InChI=1S/C13H19NO3S/c1-16-12(17-2)8-14-13(15)11-7-9-5-3-4-6-10(9)18-11/h7,12H,3-6,8H2,1-2H3,(H,14,15). The summed E-state index contributed by atoms with van der Waals surface area (Å²) in [5.74, 6) is -0.0338. The van der Waals surface area contributed by atoms with Crippen LogP contribution in [0.5, 0.6) is 0 Å². The second kappa shape index (κ2) is 6.31. The lowest BCUT2D eigenvalue weighted by molar-refractivity contribution is -0.0974. The van der Waals surface area contributed by atoms with Gasteiger partial charge in [-0.15, -0.1) is 11.3 Å². The minimum atomic E-state index is -0.386. The van der Waals surface area contributed by atoms with Gasteiger partial charge in [0.15, 0.2) is 6.29 Å². The summed E-state index contributed by atoms with van der Waals surface area (Å²) in [7, 11) is 3.12. The molecular weight excluding hydrogens is 250 g/mol. The van der Waals surface area contributed by atoms with E-state index in [1.807, 2.05) is 6.07 Å². The SMILES string of the molecule is COC(CNC(=O)c1cc2c(s1)CCCC2)OC. The fourth-order valence-electron chi connectivity index (χ4n) is 2.13. The largest absolute Gasteiger partial charge is 0.354 e. The smallest absolute Gasteiger partial charge is 0.261 e. The number of aryl methyl sites for hydroxylation is 2. The molecule has 1 N–H and O–H groups in total. The molecule has 1 aromatic heterocycles. The third kappa shape index (κ3) is 3.10. The lowest BCUT2D eigenvalue weighted by Gasteiger charge is -2.13. The molecule has 100 valence electrons. The molecular formula is C13H19NO3S. The number of rotatable bonds is 5. The van der Waals surface area contributed by atoms with E-state index in [0.717, 1.165) is 17.7 Å². The van der Waals surface area contributed by atoms with Crippen molar-refractivity contribution < 1.29 is 14.3 Å². The average Bonchev–Trinajstić information content (AvgIpc) is 2.83. The molecule has 0 saturated carbocycles. The van der Waals surface area contributed by atoms with Crippen LogP contribution in [0.4, 0.5) is 0 Å². The van der Waals surface area contributed by atoms with Crippen molar-refractivity contribution in [2.75, 3.05) is 20.8 Å². The van der Waals surface area contributed by atoms with Gasteiger partial charge in [0.2, 0.25) is 0 Å². The minimum Gasteiger partial charge on any atom is -0.354 e. The Labute approximate surface area is 111 Å². The van der Waals surface area contributed by atoms with Crippen LogP contribution in [-0.4, -0.2) is 33.0 Å². The van der Waals surface area contributed by atoms with Crippen LogP contribution in [-0.2, 0) is 22.3 Å². The molecule has 0 fully saturated rings. The van der Waals surface area contributed by atoms with Crippen molar-refractivity contribution in [3.8, 4) is 0 Å². The average molecular weight is 269 g/mol. The quantitative estimate of drug-likeness (QED) is 0.831. The van der Waals surface area contributed by atoms with Crippen LogP contribution in [0, 0.1) is 0 Å². The second-order valence-electron chi connectivity index (χ2n) is 4.38. The molecule has 0 aromatic carbocycles. The third-order valence-electron chi connectivity index (χ3n) is 3.18. The lowest BCUT2D eigenvalue weighted by Crippen LogP contribution is -2.33. The molecule has 1 heterocycles. The van der Waals surface area contributed by atoms with Crippen molar-refractivity contribution >= 4 is 17.2 Å². The zero-order valence-corrected chi connectivity index (χ0v) is 11.6. The molecule has 1 aliphatic rings. The summed E-state index contributed by atoms with van der Waals surface area (Å²) in [5.41, 5.74) is 1.35. The van der Waals surface area contributed by atoms with Gasteiger partial charge in [0.25, 0.3) is 5.91 Å². The zero-order chi connectivity index (χ0) is 13.0. The molecule has 0 radical (unpaired) electrons. The van der Waals surface area contributed by atoms with Crippen molar-refractivity contribution in [1.82, 2.24) is 5.32 Å². The fraction of sp³-hybridized carbons (Fsp3) is 0.615. The number of carbonyl (C=O) groups is 1. The van der Waals surface area contributed by atoms with E-state index in [4.69, 9.17) is 9.47 Å². The van der Waals surface area contributed by atoms with Crippen molar-refractivity contribution in [1.29, 1.82) is 0 Å². The number of fused-ring (bicyclic) bond motifs is 1. The predicted molar refractivity (Wildman–Crippen MR) is 71.1 cm³/mol. The van der Waals surface area contributed by atoms with Crippen LogP contribution in [0.1, 0.15) is 33.0 Å². The number of nitrogens with one attached hydrogen (secondary N) is 1. The Kier molecular flexibility index (Phi) is 4.74. The van der Waals surface area contributed by atoms with Gasteiger partial charge in [-0.05, 0) is 37.3 Å². The van der Waals surface area contributed by atoms with E-state index in [9.17, 15) is 4.79 Å². The van der Waals surface area contributed by atoms with E-state index >= 15 is 0 Å². The predicted octanol–water partition coefficient (Wildman–Crippen LogP) is 1.98. The number of ether oxygens (including phenoxy) is 2. The van der Waals surface area contributed by atoms with Gasteiger partial charge in [-0.3, -0.25) is 4.79 Å². The second-order valence-corrected chi connectivity index (χ2v) is 5.51. The normalized spacial score (nSPS) is 14.6. The Balaban J connectivity index is 1.94. The Bertz CT molecular complexity index is 389. The summed E-state index contributed by atoms with van der Waals surface area (Å²) in [4.78, 5) is 14.2. The Morgan fingerprint density at radius 3 is 2.78 bits per heavy atom. The van der Waals surface area contributed by atoms with Gasteiger partial charge in [0, 0.05) is 19.1 Å². The topological polar surface area (TPSA) is 47.6 Å². The van der Waals surface area contributed by atoms with Crippen molar-refractivity contribution in [3.05, 3.63) is 21.4 Å². The van der Waals surface area contributed by atoms with Gasteiger partial charge in [-0.1, -0.05) is 0 Å². The van der Waals surface area contributed by atoms with Crippen molar-refractivity contribution in [2.24, 2.45) is 0 Å². The van der Waals surface area contributed by atoms with Crippen LogP contribution in [0.25, 0.3) is 0 Å². The monoisotopic (exact) mass is 269 g/mol. The maximum Gasteiger partial charge on any atom is 0.261 e. The number of hydrogen-bond donors (Lipinski definition) is 1. The molecule has 0 spiro atoms. The third-order valence-corrected chi connectivity index (χ3v) is 4.41. The van der Waals surface area contributed by atoms with Crippen molar-refractivity contribution in [2.45, 2.75) is 32.0 Å². The summed E-state index contributed by atoms with van der Waals surface area (Å²) in [6, 6.07) is 2.03. The number of thiophene rings is 1. The van der Waals surface area contributed by atoms with Gasteiger partial charge < -0.3 is 14.8 Å². The molecule has 0 saturated heterocycles. The highest BCUT2D eigenvalue weighted by molar-refractivity contribution is 7.14. The molecule has 1 aliphatic carbocycles. The molecule has 2 rings (SSSR count). The van der Waals surface area contributed by atoms with Gasteiger partial charge >= 0.3 is 0 Å². The van der Waals surface area contributed by atoms with Gasteiger partial charge in [0.05, 0.1) is 11.4 Å². The molecule has 18 heavy (non-hydrogen) atoms. The van der Waals surface area contributed by atoms with Crippen LogP contribution >= 0.6 is 11.3 Å².